The van der Waals surface area contributed by atoms with Crippen LogP contribution >= 0.6 is 0 Å². The number of anilines is 6. The molecule has 0 radical (unpaired) electrons. The van der Waals surface area contributed by atoms with Gasteiger partial charge in [-0.15, -0.1) is 0 Å². The number of allylic oxidation sites excluding steroid dienone is 16. The van der Waals surface area contributed by atoms with E-state index in [0.717, 1.165) is 60.4 Å². The molecule has 1 aromatic heterocycles. The van der Waals surface area contributed by atoms with Crippen LogP contribution in [-0.4, -0.2) is 10.6 Å². The van der Waals surface area contributed by atoms with Gasteiger partial charge in [0.15, 0.2) is 0 Å². The van der Waals surface area contributed by atoms with Gasteiger partial charge in [-0.3, -0.25) is 0 Å². The fourth-order valence-electron chi connectivity index (χ4n) is 15.5. The molecular weight excluding hydrogens is 1100 g/mol. The van der Waals surface area contributed by atoms with Gasteiger partial charge >= 0.3 is 0 Å². The zero-order chi connectivity index (χ0) is 61.0. The number of rotatable bonds is 12. The number of hydrogen-bond acceptors (Lipinski definition) is 3. The lowest BCUT2D eigenvalue weighted by Crippen LogP contribution is -2.33. The number of hydrogen-bond donors (Lipinski definition) is 0. The number of aromatic nitrogens is 1. The highest BCUT2D eigenvalue weighted by atomic mass is 15.2. The Morgan fingerprint density at radius 3 is 2.16 bits per heavy atom. The van der Waals surface area contributed by atoms with Crippen molar-refractivity contribution in [2.75, 3.05) is 14.7 Å². The van der Waals surface area contributed by atoms with Crippen LogP contribution in [0, 0.1) is 5.92 Å². The second-order valence-corrected chi connectivity index (χ2v) is 25.8. The molecule has 9 aromatic rings. The topological polar surface area (TPSA) is 14.7 Å². The third kappa shape index (κ3) is 10.1. The summed E-state index contributed by atoms with van der Waals surface area (Å²) in [5.41, 5.74) is 23.6. The maximum absolute atomic E-state index is 3.83. The van der Waals surface area contributed by atoms with Crippen molar-refractivity contribution < 1.29 is 0 Å². The summed E-state index contributed by atoms with van der Waals surface area (Å²) in [6, 6.07) is 68.9. The summed E-state index contributed by atoms with van der Waals surface area (Å²) in [5, 5.41) is 3.88. The van der Waals surface area contributed by atoms with E-state index in [4.69, 9.17) is 0 Å². The third-order valence-corrected chi connectivity index (χ3v) is 20.1. The highest BCUT2D eigenvalue weighted by molar-refractivity contribution is 5.89. The number of nitrogens with zero attached hydrogens (tertiary/aromatic N) is 4. The van der Waals surface area contributed by atoms with Crippen LogP contribution in [0.5, 0.6) is 0 Å². The van der Waals surface area contributed by atoms with Gasteiger partial charge in [0.25, 0.3) is 0 Å². The van der Waals surface area contributed by atoms with E-state index in [9.17, 15) is 0 Å². The quantitative estimate of drug-likeness (QED) is 0.113. The lowest BCUT2D eigenvalue weighted by atomic mass is 9.82. The van der Waals surface area contributed by atoms with Gasteiger partial charge in [-0.25, -0.2) is 0 Å². The van der Waals surface area contributed by atoms with Crippen molar-refractivity contribution in [3.05, 3.63) is 353 Å². The van der Waals surface area contributed by atoms with Gasteiger partial charge in [0, 0.05) is 91.1 Å². The van der Waals surface area contributed by atoms with Crippen molar-refractivity contribution in [2.45, 2.75) is 75.2 Å². The van der Waals surface area contributed by atoms with Crippen LogP contribution in [0.4, 0.5) is 34.1 Å². The molecular formula is C87H74N4. The molecule has 2 aliphatic heterocycles. The van der Waals surface area contributed by atoms with E-state index >= 15 is 0 Å². The minimum atomic E-state index is -0.298. The van der Waals surface area contributed by atoms with E-state index < -0.39 is 0 Å². The minimum Gasteiger partial charge on any atom is -0.337 e. The average molecular weight is 1180 g/mol. The summed E-state index contributed by atoms with van der Waals surface area (Å²) in [4.78, 5) is 7.51. The van der Waals surface area contributed by atoms with Gasteiger partial charge in [-0.2, -0.15) is 0 Å². The molecule has 0 saturated carbocycles. The van der Waals surface area contributed by atoms with Gasteiger partial charge in [0.1, 0.15) is 0 Å². The minimum absolute atomic E-state index is 0.176. The van der Waals surface area contributed by atoms with E-state index in [-0.39, 0.29) is 29.2 Å². The lowest BCUT2D eigenvalue weighted by Gasteiger charge is -2.33. The molecule has 0 saturated heterocycles. The predicted octanol–water partition coefficient (Wildman–Crippen LogP) is 20.9. The first-order chi connectivity index (χ1) is 44.8. The van der Waals surface area contributed by atoms with Gasteiger partial charge in [0.05, 0.1) is 17.2 Å². The summed E-state index contributed by atoms with van der Waals surface area (Å²) in [6.07, 6.45) is 53.0. The van der Waals surface area contributed by atoms with E-state index in [2.05, 4.69) is 331 Å². The van der Waals surface area contributed by atoms with E-state index in [1.807, 2.05) is 12.2 Å². The Morgan fingerprint density at radius 1 is 0.571 bits per heavy atom. The molecule has 0 fully saturated rings. The Morgan fingerprint density at radius 2 is 1.34 bits per heavy atom. The first-order valence-electron chi connectivity index (χ1n) is 32.7. The largest absolute Gasteiger partial charge is 0.337 e. The fourth-order valence-corrected chi connectivity index (χ4v) is 15.5. The zero-order valence-corrected chi connectivity index (χ0v) is 51.9. The van der Waals surface area contributed by atoms with Crippen molar-refractivity contribution in [2.24, 2.45) is 5.92 Å². The molecule has 5 aliphatic carbocycles. The molecule has 3 heterocycles. The zero-order valence-electron chi connectivity index (χ0n) is 51.9. The van der Waals surface area contributed by atoms with Crippen LogP contribution in [0.25, 0.3) is 52.0 Å². The first-order valence-corrected chi connectivity index (χ1v) is 32.7. The Balaban J connectivity index is 0.767. The van der Waals surface area contributed by atoms with Crippen molar-refractivity contribution >= 4 is 69.3 Å². The Hall–Kier alpha value is -10.4. The van der Waals surface area contributed by atoms with E-state index in [1.54, 1.807) is 6.08 Å². The average Bonchev–Trinajstić information content (AvgIpc) is 1.64. The molecule has 4 nitrogen and oxygen atoms in total. The molecule has 5 unspecified atom stereocenters. The lowest BCUT2D eigenvalue weighted by molar-refractivity contribution is 0.660. The molecule has 91 heavy (non-hydrogen) atoms. The maximum atomic E-state index is 3.83. The maximum Gasteiger partial charge on any atom is 0.0626 e. The van der Waals surface area contributed by atoms with Crippen molar-refractivity contribution in [1.29, 1.82) is 0 Å². The predicted molar refractivity (Wildman–Crippen MR) is 386 cm³/mol. The summed E-state index contributed by atoms with van der Waals surface area (Å²) in [5.74, 6) is 1.04. The van der Waals surface area contributed by atoms with Crippen molar-refractivity contribution in [1.82, 2.24) is 4.57 Å². The van der Waals surface area contributed by atoms with Gasteiger partial charge in [-0.05, 0) is 179 Å². The molecule has 4 heteroatoms. The van der Waals surface area contributed by atoms with Crippen LogP contribution in [0.1, 0.15) is 103 Å². The van der Waals surface area contributed by atoms with Crippen molar-refractivity contribution in [3.8, 4) is 16.8 Å². The summed E-state index contributed by atoms with van der Waals surface area (Å²) >= 11 is 0. The van der Waals surface area contributed by atoms with Crippen LogP contribution < -0.4 is 25.3 Å². The SMILES string of the molecule is C=CC=CC=Cc1ccc(N(c2ccc(C3C=CC=CC3)cc2)c2ccc3c(c2)C(C)(C)c2cc(N4C=CCC(C5=CC6c7ccccc7N(C7=CC=CCC7)C6C=C5)C=Cc5cc(C6C=c7c(n(-c8ccccc8)c8ccccc78)=CC6)ccc54)ccc2-3)cc1. The van der Waals surface area contributed by atoms with Crippen LogP contribution in [-0.2, 0) is 5.41 Å². The standard InChI is InChI=1S/C87H74N4/c1-4-5-6-10-22-60-34-43-70(44-35-60)89(71-45-38-63(39-46-71)61-23-11-7-12-24-61)73-48-50-75-74-49-47-72(58-80(74)87(2,3)81(75)59-73)88-54-21-25-62(65-41-52-85-78(56-65)76-30-17-19-32-83(76)90(85)68-26-13-8-14-27-68)36-37-67-55-64(40-51-82(67)88)66-42-53-86-79(57-66)77-31-18-20-33-84(77)91(86)69-28-15-9-16-29-69/h4-13,15-23,26,28-41,43-59,61-62,66,78,85H,1,14,24-25,27,42H2,2-3H3. The number of benzene rings is 8. The second-order valence-electron chi connectivity index (χ2n) is 25.8. The first kappa shape index (κ1) is 55.9. The highest BCUT2D eigenvalue weighted by Gasteiger charge is 2.40. The van der Waals surface area contributed by atoms with Crippen LogP contribution in [0.2, 0.25) is 0 Å². The molecule has 8 aromatic carbocycles. The summed E-state index contributed by atoms with van der Waals surface area (Å²) < 4.78 is 2.44. The molecule has 16 rings (SSSR count). The van der Waals surface area contributed by atoms with Gasteiger partial charge < -0.3 is 19.3 Å². The normalized spacial score (nSPS) is 20.6. The van der Waals surface area contributed by atoms with Gasteiger partial charge in [0.2, 0.25) is 0 Å². The molecule has 5 atom stereocenters. The fraction of sp³-hybridized carbons (Fsp3) is 0.149. The summed E-state index contributed by atoms with van der Waals surface area (Å²) in [6.45, 7) is 8.66. The number of para-hydroxylation sites is 3. The third-order valence-electron chi connectivity index (χ3n) is 20.1. The number of fused-ring (bicyclic) bond motifs is 10. The Kier molecular flexibility index (Phi) is 14.4. The smallest absolute Gasteiger partial charge is 0.0626 e. The van der Waals surface area contributed by atoms with Crippen molar-refractivity contribution in [3.63, 3.8) is 0 Å². The molecule has 0 spiro atoms. The van der Waals surface area contributed by atoms with Gasteiger partial charge in [-0.1, -0.05) is 233 Å². The molecule has 442 valence electrons. The molecule has 0 N–H and O–H groups in total. The van der Waals surface area contributed by atoms with E-state index in [0.29, 0.717) is 5.92 Å². The van der Waals surface area contributed by atoms with E-state index in [1.165, 1.54) is 94.3 Å². The summed E-state index contributed by atoms with van der Waals surface area (Å²) in [7, 11) is 0. The second kappa shape index (κ2) is 23.5. The molecule has 7 aliphatic rings. The Labute approximate surface area is 536 Å². The monoisotopic (exact) mass is 1170 g/mol. The molecule has 0 amide bonds. The highest BCUT2D eigenvalue weighted by Crippen LogP contribution is 2.53. The molecule has 0 bridgehead atoms. The van der Waals surface area contributed by atoms with Crippen LogP contribution in [0.15, 0.2) is 303 Å². The van der Waals surface area contributed by atoms with Crippen LogP contribution in [0.3, 0.4) is 0 Å². The Bertz CT molecular complexity index is 4810.